The van der Waals surface area contributed by atoms with E-state index in [1.807, 2.05) is 72.8 Å². The Labute approximate surface area is 169 Å². The summed E-state index contributed by atoms with van der Waals surface area (Å²) >= 11 is 0. The highest BCUT2D eigenvalue weighted by Gasteiger charge is 2.10. The fourth-order valence-corrected chi connectivity index (χ4v) is 2.79. The lowest BCUT2D eigenvalue weighted by Gasteiger charge is -2.11. The molecule has 0 fully saturated rings. The summed E-state index contributed by atoms with van der Waals surface area (Å²) in [7, 11) is 1.56. The number of para-hydroxylation sites is 2. The Morgan fingerprint density at radius 2 is 1.59 bits per heavy atom. The van der Waals surface area contributed by atoms with E-state index >= 15 is 0 Å². The van der Waals surface area contributed by atoms with Gasteiger partial charge >= 0.3 is 5.97 Å². The van der Waals surface area contributed by atoms with Crippen LogP contribution in [0.5, 0.6) is 5.75 Å². The number of esters is 1. The Hall–Kier alpha value is -3.86. The third-order valence-electron chi connectivity index (χ3n) is 4.17. The molecule has 0 spiro atoms. The van der Waals surface area contributed by atoms with E-state index < -0.39 is 11.9 Å². The highest BCUT2D eigenvalue weighted by molar-refractivity contribution is 5.97. The molecule has 0 bridgehead atoms. The maximum atomic E-state index is 12.2. The number of carbonyl (C=O) groups excluding carboxylic acids is 2. The number of hydrogen-bond donors (Lipinski definition) is 1. The minimum absolute atomic E-state index is 0.377. The molecular weight excluding hydrogens is 366 g/mol. The number of methoxy groups -OCH3 is 1. The van der Waals surface area contributed by atoms with E-state index in [1.54, 1.807) is 19.3 Å². The van der Waals surface area contributed by atoms with E-state index in [0.29, 0.717) is 11.4 Å². The van der Waals surface area contributed by atoms with Gasteiger partial charge in [-0.1, -0.05) is 66.7 Å². The first-order chi connectivity index (χ1) is 14.2. The lowest BCUT2D eigenvalue weighted by atomic mass is 10.0. The van der Waals surface area contributed by atoms with Crippen molar-refractivity contribution in [2.75, 3.05) is 19.0 Å². The maximum Gasteiger partial charge on any atom is 0.331 e. The molecule has 1 amide bonds. The minimum Gasteiger partial charge on any atom is -0.496 e. The van der Waals surface area contributed by atoms with Gasteiger partial charge < -0.3 is 14.8 Å². The van der Waals surface area contributed by atoms with Gasteiger partial charge in [0.1, 0.15) is 5.75 Å². The summed E-state index contributed by atoms with van der Waals surface area (Å²) in [6.45, 7) is -0.377. The molecule has 0 aromatic heterocycles. The van der Waals surface area contributed by atoms with Crippen LogP contribution in [-0.2, 0) is 14.3 Å². The summed E-state index contributed by atoms with van der Waals surface area (Å²) in [5, 5.41) is 2.80. The van der Waals surface area contributed by atoms with Gasteiger partial charge in [-0.2, -0.15) is 0 Å². The molecule has 0 aliphatic rings. The lowest BCUT2D eigenvalue weighted by molar-refractivity contribution is -0.142. The zero-order valence-corrected chi connectivity index (χ0v) is 16.0. The fourth-order valence-electron chi connectivity index (χ4n) is 2.79. The molecule has 3 rings (SSSR count). The Morgan fingerprint density at radius 3 is 2.38 bits per heavy atom. The Kier molecular flexibility index (Phi) is 6.79. The van der Waals surface area contributed by atoms with E-state index in [9.17, 15) is 9.59 Å². The number of amides is 1. The molecule has 3 aromatic carbocycles. The van der Waals surface area contributed by atoms with Gasteiger partial charge in [0.2, 0.25) is 0 Å². The Balaban J connectivity index is 1.58. The Bertz CT molecular complexity index is 1010. The van der Waals surface area contributed by atoms with E-state index in [0.717, 1.165) is 16.7 Å². The number of hydrogen-bond acceptors (Lipinski definition) is 4. The summed E-state index contributed by atoms with van der Waals surface area (Å²) in [5.41, 5.74) is 3.28. The maximum absolute atomic E-state index is 12.2. The van der Waals surface area contributed by atoms with E-state index in [2.05, 4.69) is 5.32 Å². The van der Waals surface area contributed by atoms with Crippen LogP contribution in [0.1, 0.15) is 5.56 Å². The average Bonchev–Trinajstić information content (AvgIpc) is 2.77. The van der Waals surface area contributed by atoms with E-state index in [4.69, 9.17) is 9.47 Å². The third-order valence-corrected chi connectivity index (χ3v) is 4.17. The Morgan fingerprint density at radius 1 is 0.897 bits per heavy atom. The predicted octanol–water partition coefficient (Wildman–Crippen LogP) is 4.56. The van der Waals surface area contributed by atoms with Crippen molar-refractivity contribution in [2.24, 2.45) is 0 Å². The van der Waals surface area contributed by atoms with Crippen LogP contribution < -0.4 is 10.1 Å². The molecule has 0 aliphatic carbocycles. The molecule has 3 aromatic rings. The molecule has 0 saturated heterocycles. The first-order valence-corrected chi connectivity index (χ1v) is 9.09. The monoisotopic (exact) mass is 387 g/mol. The number of benzene rings is 3. The van der Waals surface area contributed by atoms with Gasteiger partial charge in [0.15, 0.2) is 6.61 Å². The van der Waals surface area contributed by atoms with Crippen LogP contribution in [0.25, 0.3) is 17.2 Å². The van der Waals surface area contributed by atoms with Crippen LogP contribution >= 0.6 is 0 Å². The summed E-state index contributed by atoms with van der Waals surface area (Å²) in [6, 6.07) is 24.5. The normalized spacial score (nSPS) is 10.5. The molecule has 0 unspecified atom stereocenters. The van der Waals surface area contributed by atoms with Gasteiger partial charge in [0.05, 0.1) is 7.11 Å². The van der Waals surface area contributed by atoms with Gasteiger partial charge in [0.25, 0.3) is 5.91 Å². The van der Waals surface area contributed by atoms with Crippen molar-refractivity contribution >= 4 is 23.6 Å². The van der Waals surface area contributed by atoms with E-state index in [1.165, 1.54) is 6.08 Å². The summed E-state index contributed by atoms with van der Waals surface area (Å²) in [5.74, 6) is -0.373. The summed E-state index contributed by atoms with van der Waals surface area (Å²) in [4.78, 5) is 24.2. The molecule has 0 saturated carbocycles. The van der Waals surface area contributed by atoms with Gasteiger partial charge in [0, 0.05) is 22.9 Å². The van der Waals surface area contributed by atoms with Crippen molar-refractivity contribution in [2.45, 2.75) is 0 Å². The molecular formula is C24H21NO4. The number of ether oxygens (including phenoxy) is 2. The standard InChI is InChI=1S/C24H21NO4/c1-28-22-14-8-5-11-19(22)15-16-24(27)29-17-23(26)25-21-13-7-6-12-20(21)18-9-3-2-4-10-18/h2-16H,17H2,1H3,(H,25,26)/b16-15+. The quantitative estimate of drug-likeness (QED) is 0.477. The molecule has 0 aliphatic heterocycles. The number of carbonyl (C=O) groups is 2. The van der Waals surface area contributed by atoms with Crippen LogP contribution in [0.2, 0.25) is 0 Å². The SMILES string of the molecule is COc1ccccc1/C=C/C(=O)OCC(=O)Nc1ccccc1-c1ccccc1. The zero-order valence-electron chi connectivity index (χ0n) is 16.0. The predicted molar refractivity (Wildman–Crippen MR) is 113 cm³/mol. The topological polar surface area (TPSA) is 64.6 Å². The van der Waals surface area contributed by atoms with Gasteiger partial charge in [-0.05, 0) is 23.8 Å². The molecule has 29 heavy (non-hydrogen) atoms. The van der Waals surface area contributed by atoms with Crippen molar-refractivity contribution in [1.82, 2.24) is 0 Å². The number of rotatable bonds is 7. The number of nitrogens with one attached hydrogen (secondary N) is 1. The van der Waals surface area contributed by atoms with Crippen LogP contribution in [0.4, 0.5) is 5.69 Å². The molecule has 146 valence electrons. The molecule has 1 N–H and O–H groups in total. The van der Waals surface area contributed by atoms with Crippen LogP contribution in [0.15, 0.2) is 84.9 Å². The van der Waals surface area contributed by atoms with Crippen LogP contribution in [0.3, 0.4) is 0 Å². The van der Waals surface area contributed by atoms with E-state index in [-0.39, 0.29) is 6.61 Å². The van der Waals surface area contributed by atoms with Crippen molar-refractivity contribution in [3.05, 3.63) is 90.5 Å². The summed E-state index contributed by atoms with van der Waals surface area (Å²) < 4.78 is 10.3. The first-order valence-electron chi connectivity index (χ1n) is 9.09. The zero-order chi connectivity index (χ0) is 20.5. The number of anilines is 1. The van der Waals surface area contributed by atoms with Gasteiger partial charge in [-0.3, -0.25) is 4.79 Å². The minimum atomic E-state index is -0.609. The smallest absolute Gasteiger partial charge is 0.331 e. The van der Waals surface area contributed by atoms with Crippen molar-refractivity contribution in [3.8, 4) is 16.9 Å². The van der Waals surface area contributed by atoms with Crippen LogP contribution in [-0.4, -0.2) is 25.6 Å². The largest absolute Gasteiger partial charge is 0.496 e. The molecule has 0 radical (unpaired) electrons. The van der Waals surface area contributed by atoms with Crippen LogP contribution in [0, 0.1) is 0 Å². The van der Waals surface area contributed by atoms with Crippen molar-refractivity contribution < 1.29 is 19.1 Å². The van der Waals surface area contributed by atoms with Gasteiger partial charge in [-0.25, -0.2) is 4.79 Å². The highest BCUT2D eigenvalue weighted by atomic mass is 16.5. The summed E-state index contributed by atoms with van der Waals surface area (Å²) in [6.07, 6.45) is 2.85. The lowest BCUT2D eigenvalue weighted by Crippen LogP contribution is -2.20. The fraction of sp³-hybridized carbons (Fsp3) is 0.0833. The second-order valence-electron chi connectivity index (χ2n) is 6.14. The highest BCUT2D eigenvalue weighted by Crippen LogP contribution is 2.27. The average molecular weight is 387 g/mol. The molecule has 5 nitrogen and oxygen atoms in total. The van der Waals surface area contributed by atoms with Crippen molar-refractivity contribution in [1.29, 1.82) is 0 Å². The van der Waals surface area contributed by atoms with Crippen molar-refractivity contribution in [3.63, 3.8) is 0 Å². The molecule has 0 atom stereocenters. The molecule has 0 heterocycles. The molecule has 5 heteroatoms. The first kappa shape index (κ1) is 19.9. The second-order valence-corrected chi connectivity index (χ2v) is 6.14. The van der Waals surface area contributed by atoms with Gasteiger partial charge in [-0.15, -0.1) is 0 Å². The third kappa shape index (κ3) is 5.56. The second kappa shape index (κ2) is 9.90.